The molecule has 0 amide bonds. The smallest absolute Gasteiger partial charge is 0.255 e. The minimum absolute atomic E-state index is 0.155. The Morgan fingerprint density at radius 2 is 2.06 bits per heavy atom. The van der Waals surface area contributed by atoms with Crippen LogP contribution in [-0.2, 0) is 13.1 Å². The van der Waals surface area contributed by atoms with E-state index in [0.29, 0.717) is 12.6 Å². The van der Waals surface area contributed by atoms with Crippen molar-refractivity contribution in [2.45, 2.75) is 59.7 Å². The van der Waals surface area contributed by atoms with Gasteiger partial charge >= 0.3 is 0 Å². The summed E-state index contributed by atoms with van der Waals surface area (Å²) in [6.07, 6.45) is 2.07. The van der Waals surface area contributed by atoms with Gasteiger partial charge in [-0.3, -0.25) is 4.79 Å². The predicted molar refractivity (Wildman–Crippen MR) is 72.3 cm³/mol. The van der Waals surface area contributed by atoms with Gasteiger partial charge < -0.3 is 9.88 Å². The SMILES string of the molecule is CCCn1c(C)ccc(CNC(C)CC)c1=O. The lowest BCUT2D eigenvalue weighted by atomic mass is 10.2. The quantitative estimate of drug-likeness (QED) is 0.823. The Balaban J connectivity index is 2.87. The molecule has 1 aromatic heterocycles. The molecule has 1 aromatic rings. The lowest BCUT2D eigenvalue weighted by molar-refractivity contribution is 0.527. The summed E-state index contributed by atoms with van der Waals surface area (Å²) in [6.45, 7) is 9.83. The standard InChI is InChI=1S/C14H24N2O/c1-5-9-16-12(4)7-8-13(14(16)17)10-15-11(3)6-2/h7-8,11,15H,5-6,9-10H2,1-4H3. The highest BCUT2D eigenvalue weighted by molar-refractivity contribution is 5.15. The van der Waals surface area contributed by atoms with Crippen molar-refractivity contribution in [3.8, 4) is 0 Å². The summed E-state index contributed by atoms with van der Waals surface area (Å²) in [5, 5.41) is 3.36. The molecular weight excluding hydrogens is 212 g/mol. The van der Waals surface area contributed by atoms with E-state index in [9.17, 15) is 4.79 Å². The van der Waals surface area contributed by atoms with Crippen molar-refractivity contribution < 1.29 is 0 Å². The molecule has 0 aliphatic rings. The molecule has 0 radical (unpaired) electrons. The van der Waals surface area contributed by atoms with Crippen LogP contribution in [0.2, 0.25) is 0 Å². The zero-order chi connectivity index (χ0) is 12.8. The fourth-order valence-corrected chi connectivity index (χ4v) is 1.78. The van der Waals surface area contributed by atoms with Crippen LogP contribution in [0.15, 0.2) is 16.9 Å². The van der Waals surface area contributed by atoms with Gasteiger partial charge in [-0.25, -0.2) is 0 Å². The highest BCUT2D eigenvalue weighted by atomic mass is 16.1. The van der Waals surface area contributed by atoms with Crippen LogP contribution in [-0.4, -0.2) is 10.6 Å². The van der Waals surface area contributed by atoms with E-state index < -0.39 is 0 Å². The molecule has 1 unspecified atom stereocenters. The Kier molecular flexibility index (Phi) is 5.42. The van der Waals surface area contributed by atoms with E-state index in [1.807, 2.05) is 23.6 Å². The van der Waals surface area contributed by atoms with E-state index >= 15 is 0 Å². The first-order valence-corrected chi connectivity index (χ1v) is 6.52. The van der Waals surface area contributed by atoms with E-state index in [4.69, 9.17) is 0 Å². The van der Waals surface area contributed by atoms with Crippen molar-refractivity contribution in [2.75, 3.05) is 0 Å². The van der Waals surface area contributed by atoms with E-state index in [1.54, 1.807) is 0 Å². The fraction of sp³-hybridized carbons (Fsp3) is 0.643. The van der Waals surface area contributed by atoms with Crippen molar-refractivity contribution in [1.82, 2.24) is 9.88 Å². The molecule has 0 spiro atoms. The second-order valence-corrected chi connectivity index (χ2v) is 4.65. The van der Waals surface area contributed by atoms with Crippen molar-refractivity contribution in [1.29, 1.82) is 0 Å². The lowest BCUT2D eigenvalue weighted by Gasteiger charge is -2.14. The summed E-state index contributed by atoms with van der Waals surface area (Å²) < 4.78 is 1.87. The minimum atomic E-state index is 0.155. The lowest BCUT2D eigenvalue weighted by Crippen LogP contribution is -2.31. The van der Waals surface area contributed by atoms with Crippen LogP contribution in [0, 0.1) is 6.92 Å². The summed E-state index contributed by atoms with van der Waals surface area (Å²) >= 11 is 0. The Labute approximate surface area is 104 Å². The van der Waals surface area contributed by atoms with Crippen molar-refractivity contribution >= 4 is 0 Å². The van der Waals surface area contributed by atoms with Gasteiger partial charge in [0.05, 0.1) is 0 Å². The number of hydrogen-bond acceptors (Lipinski definition) is 2. The molecule has 0 bridgehead atoms. The third-order valence-corrected chi connectivity index (χ3v) is 3.17. The van der Waals surface area contributed by atoms with Gasteiger partial charge in [0, 0.05) is 30.4 Å². The Morgan fingerprint density at radius 3 is 2.65 bits per heavy atom. The first-order valence-electron chi connectivity index (χ1n) is 6.52. The number of pyridine rings is 1. The Bertz CT molecular complexity index is 409. The Hall–Kier alpha value is -1.09. The molecule has 1 N–H and O–H groups in total. The van der Waals surface area contributed by atoms with Crippen molar-refractivity contribution in [2.24, 2.45) is 0 Å². The molecule has 3 nitrogen and oxygen atoms in total. The van der Waals surface area contributed by atoms with E-state index in [1.165, 1.54) is 0 Å². The summed E-state index contributed by atoms with van der Waals surface area (Å²) in [5.41, 5.74) is 2.07. The highest BCUT2D eigenvalue weighted by Crippen LogP contribution is 2.00. The number of hydrogen-bond donors (Lipinski definition) is 1. The molecule has 17 heavy (non-hydrogen) atoms. The molecule has 0 fully saturated rings. The molecule has 1 rings (SSSR count). The first-order chi connectivity index (χ1) is 8.10. The van der Waals surface area contributed by atoms with Gasteiger partial charge in [0.25, 0.3) is 5.56 Å². The van der Waals surface area contributed by atoms with Gasteiger partial charge in [-0.05, 0) is 32.8 Å². The van der Waals surface area contributed by atoms with E-state index in [2.05, 4.69) is 26.1 Å². The van der Waals surface area contributed by atoms with Gasteiger partial charge in [-0.2, -0.15) is 0 Å². The number of aryl methyl sites for hydroxylation is 1. The average Bonchev–Trinajstić information content (AvgIpc) is 2.33. The maximum absolute atomic E-state index is 12.2. The molecular formula is C14H24N2O. The highest BCUT2D eigenvalue weighted by Gasteiger charge is 2.06. The normalized spacial score (nSPS) is 12.7. The Morgan fingerprint density at radius 1 is 1.35 bits per heavy atom. The van der Waals surface area contributed by atoms with Crippen LogP contribution in [0.4, 0.5) is 0 Å². The van der Waals surface area contributed by atoms with Crippen LogP contribution in [0.5, 0.6) is 0 Å². The second-order valence-electron chi connectivity index (χ2n) is 4.65. The number of rotatable bonds is 6. The zero-order valence-corrected chi connectivity index (χ0v) is 11.4. The molecule has 0 aliphatic heterocycles. The second kappa shape index (κ2) is 6.60. The molecule has 0 saturated carbocycles. The van der Waals surface area contributed by atoms with E-state index in [-0.39, 0.29) is 5.56 Å². The van der Waals surface area contributed by atoms with Crippen molar-refractivity contribution in [3.63, 3.8) is 0 Å². The number of aromatic nitrogens is 1. The molecule has 1 heterocycles. The topological polar surface area (TPSA) is 34.0 Å². The molecule has 0 aromatic carbocycles. The maximum atomic E-state index is 12.2. The van der Waals surface area contributed by atoms with Crippen LogP contribution in [0.1, 0.15) is 44.9 Å². The first kappa shape index (κ1) is 14.0. The van der Waals surface area contributed by atoms with Crippen LogP contribution >= 0.6 is 0 Å². The minimum Gasteiger partial charge on any atom is -0.313 e. The fourth-order valence-electron chi connectivity index (χ4n) is 1.78. The van der Waals surface area contributed by atoms with Gasteiger partial charge in [0.2, 0.25) is 0 Å². The monoisotopic (exact) mass is 236 g/mol. The predicted octanol–water partition coefficient (Wildman–Crippen LogP) is 2.45. The molecule has 3 heteroatoms. The summed E-state index contributed by atoms with van der Waals surface area (Å²) in [6, 6.07) is 4.43. The zero-order valence-electron chi connectivity index (χ0n) is 11.4. The number of nitrogens with zero attached hydrogens (tertiary/aromatic N) is 1. The summed E-state index contributed by atoms with van der Waals surface area (Å²) in [5.74, 6) is 0. The molecule has 96 valence electrons. The summed E-state index contributed by atoms with van der Waals surface area (Å²) in [4.78, 5) is 12.2. The largest absolute Gasteiger partial charge is 0.313 e. The molecule has 1 atom stereocenters. The molecule has 0 saturated heterocycles. The van der Waals surface area contributed by atoms with Gasteiger partial charge in [0.1, 0.15) is 0 Å². The maximum Gasteiger partial charge on any atom is 0.255 e. The third kappa shape index (κ3) is 3.70. The third-order valence-electron chi connectivity index (χ3n) is 3.17. The van der Waals surface area contributed by atoms with Crippen LogP contribution in [0.25, 0.3) is 0 Å². The van der Waals surface area contributed by atoms with Crippen LogP contribution in [0.3, 0.4) is 0 Å². The van der Waals surface area contributed by atoms with Gasteiger partial charge in [0.15, 0.2) is 0 Å². The number of nitrogens with one attached hydrogen (secondary N) is 1. The van der Waals surface area contributed by atoms with Gasteiger partial charge in [-0.1, -0.05) is 19.9 Å². The van der Waals surface area contributed by atoms with Gasteiger partial charge in [-0.15, -0.1) is 0 Å². The van der Waals surface area contributed by atoms with Crippen LogP contribution < -0.4 is 10.9 Å². The summed E-state index contributed by atoms with van der Waals surface area (Å²) in [7, 11) is 0. The average molecular weight is 236 g/mol. The molecule has 0 aliphatic carbocycles. The van der Waals surface area contributed by atoms with Crippen molar-refractivity contribution in [3.05, 3.63) is 33.7 Å². The van der Waals surface area contributed by atoms with E-state index in [0.717, 1.165) is 30.6 Å².